The predicted molar refractivity (Wildman–Crippen MR) is 120 cm³/mol. The standard InChI is InChI=1S/C25H22N2O3S/c1-2-27-21-15-18(24(28)26-14-13-17-7-3-4-8-19(17)16-26)11-12-23(21)31(30)22-10-6-5-9-20(22)25(27)29/h3-12,15H,2,13-14,16H2,1H3/t31-/m1/s1. The first kappa shape index (κ1) is 19.7. The Balaban J connectivity index is 1.53. The van der Waals surface area contributed by atoms with Crippen molar-refractivity contribution in [1.82, 2.24) is 4.90 Å². The third-order valence-corrected chi connectivity index (χ3v) is 7.49. The molecule has 3 aromatic carbocycles. The molecule has 0 saturated heterocycles. The summed E-state index contributed by atoms with van der Waals surface area (Å²) in [6.07, 6.45) is 0.825. The van der Waals surface area contributed by atoms with Crippen molar-refractivity contribution >= 4 is 28.3 Å². The van der Waals surface area contributed by atoms with Crippen LogP contribution >= 0.6 is 0 Å². The molecule has 2 aliphatic rings. The van der Waals surface area contributed by atoms with Gasteiger partial charge in [0.05, 0.1) is 31.8 Å². The number of amides is 2. The summed E-state index contributed by atoms with van der Waals surface area (Å²) >= 11 is 0. The van der Waals surface area contributed by atoms with Crippen molar-refractivity contribution in [2.75, 3.05) is 18.0 Å². The smallest absolute Gasteiger partial charge is 0.259 e. The Hall–Kier alpha value is -3.25. The van der Waals surface area contributed by atoms with Crippen LogP contribution in [0.5, 0.6) is 0 Å². The second-order valence-corrected chi connectivity index (χ2v) is 9.16. The van der Waals surface area contributed by atoms with Gasteiger partial charge in [0.25, 0.3) is 11.8 Å². The first-order valence-electron chi connectivity index (χ1n) is 10.4. The van der Waals surface area contributed by atoms with Crippen molar-refractivity contribution in [2.24, 2.45) is 0 Å². The third kappa shape index (κ3) is 3.27. The second-order valence-electron chi connectivity index (χ2n) is 7.74. The minimum atomic E-state index is -1.49. The highest BCUT2D eigenvalue weighted by atomic mass is 32.2. The number of hydrogen-bond donors (Lipinski definition) is 0. The van der Waals surface area contributed by atoms with E-state index in [4.69, 9.17) is 0 Å². The molecule has 0 spiro atoms. The maximum absolute atomic E-state index is 13.3. The summed E-state index contributed by atoms with van der Waals surface area (Å²) in [5.41, 5.74) is 3.94. The molecule has 2 aliphatic heterocycles. The number of carbonyl (C=O) groups is 2. The molecule has 156 valence electrons. The zero-order valence-corrected chi connectivity index (χ0v) is 18.0. The molecule has 0 N–H and O–H groups in total. The number of hydrogen-bond acceptors (Lipinski definition) is 3. The predicted octanol–water partition coefficient (Wildman–Crippen LogP) is 4.03. The largest absolute Gasteiger partial charge is 0.334 e. The average molecular weight is 431 g/mol. The molecule has 2 amide bonds. The van der Waals surface area contributed by atoms with Gasteiger partial charge in [0.15, 0.2) is 0 Å². The maximum Gasteiger partial charge on any atom is 0.259 e. The minimum absolute atomic E-state index is 0.0756. The molecule has 0 aromatic heterocycles. The quantitative estimate of drug-likeness (QED) is 0.617. The molecule has 0 fully saturated rings. The fourth-order valence-corrected chi connectivity index (χ4v) is 5.71. The van der Waals surface area contributed by atoms with Crippen LogP contribution in [0.4, 0.5) is 5.69 Å². The highest BCUT2D eigenvalue weighted by Gasteiger charge is 2.31. The van der Waals surface area contributed by atoms with Crippen molar-refractivity contribution in [3.63, 3.8) is 0 Å². The fraction of sp³-hybridized carbons (Fsp3) is 0.200. The lowest BCUT2D eigenvalue weighted by Gasteiger charge is -2.29. The number of benzene rings is 3. The Morgan fingerprint density at radius 1 is 0.968 bits per heavy atom. The first-order chi connectivity index (χ1) is 15.1. The lowest BCUT2D eigenvalue weighted by molar-refractivity contribution is 0.0734. The average Bonchev–Trinajstić information content (AvgIpc) is 2.91. The number of anilines is 1. The van der Waals surface area contributed by atoms with Crippen LogP contribution in [0.25, 0.3) is 0 Å². The molecule has 5 nitrogen and oxygen atoms in total. The van der Waals surface area contributed by atoms with Crippen molar-refractivity contribution < 1.29 is 13.8 Å². The van der Waals surface area contributed by atoms with Gasteiger partial charge in [-0.05, 0) is 54.8 Å². The van der Waals surface area contributed by atoms with Crippen LogP contribution in [0.1, 0.15) is 38.8 Å². The van der Waals surface area contributed by atoms with Gasteiger partial charge >= 0.3 is 0 Å². The summed E-state index contributed by atoms with van der Waals surface area (Å²) in [6.45, 7) is 3.53. The summed E-state index contributed by atoms with van der Waals surface area (Å²) in [6, 6.07) is 20.4. The normalized spacial score (nSPS) is 17.5. The van der Waals surface area contributed by atoms with Crippen molar-refractivity contribution in [2.45, 2.75) is 29.7 Å². The molecule has 0 aliphatic carbocycles. The maximum atomic E-state index is 13.3. The number of nitrogens with zero attached hydrogens (tertiary/aromatic N) is 2. The zero-order valence-electron chi connectivity index (χ0n) is 17.2. The minimum Gasteiger partial charge on any atom is -0.334 e. The lowest BCUT2D eigenvalue weighted by atomic mass is 9.99. The van der Waals surface area contributed by atoms with E-state index in [1.54, 1.807) is 47.4 Å². The summed E-state index contributed by atoms with van der Waals surface area (Å²) < 4.78 is 13.3. The van der Waals surface area contributed by atoms with E-state index in [1.165, 1.54) is 11.1 Å². The summed E-state index contributed by atoms with van der Waals surface area (Å²) in [4.78, 5) is 31.0. The van der Waals surface area contributed by atoms with Crippen LogP contribution in [0, 0.1) is 0 Å². The molecule has 2 heterocycles. The zero-order chi connectivity index (χ0) is 21.5. The summed E-state index contributed by atoms with van der Waals surface area (Å²) in [5, 5.41) is 0. The number of carbonyl (C=O) groups excluding carboxylic acids is 2. The molecular formula is C25H22N2O3S. The van der Waals surface area contributed by atoms with Gasteiger partial charge in [-0.15, -0.1) is 0 Å². The molecule has 0 bridgehead atoms. The Labute approximate surface area is 183 Å². The van der Waals surface area contributed by atoms with E-state index in [0.29, 0.717) is 46.2 Å². The van der Waals surface area contributed by atoms with E-state index in [9.17, 15) is 13.8 Å². The first-order valence-corrected chi connectivity index (χ1v) is 11.6. The molecule has 0 saturated carbocycles. The second kappa shape index (κ2) is 7.78. The Morgan fingerprint density at radius 3 is 2.52 bits per heavy atom. The van der Waals surface area contributed by atoms with Crippen LogP contribution in [0.15, 0.2) is 76.5 Å². The SMILES string of the molecule is CCN1C(=O)c2ccccc2[S@@](=O)c2ccc(C(=O)N3CCc4ccccc4C3)cc21. The van der Waals surface area contributed by atoms with E-state index in [2.05, 4.69) is 12.1 Å². The Bertz CT molecular complexity index is 1240. The van der Waals surface area contributed by atoms with Crippen LogP contribution in [-0.4, -0.2) is 34.0 Å². The van der Waals surface area contributed by atoms with Gasteiger partial charge in [-0.25, -0.2) is 4.21 Å². The fourth-order valence-electron chi connectivity index (χ4n) is 4.36. The highest BCUT2D eigenvalue weighted by molar-refractivity contribution is 7.85. The Kier molecular flexibility index (Phi) is 4.94. The number of fused-ring (bicyclic) bond motifs is 3. The Morgan fingerprint density at radius 2 is 1.71 bits per heavy atom. The molecule has 6 heteroatoms. The molecule has 5 rings (SSSR count). The number of rotatable bonds is 2. The van der Waals surface area contributed by atoms with E-state index in [1.807, 2.05) is 24.0 Å². The van der Waals surface area contributed by atoms with Crippen molar-refractivity contribution in [1.29, 1.82) is 0 Å². The topological polar surface area (TPSA) is 57.7 Å². The molecule has 31 heavy (non-hydrogen) atoms. The molecule has 3 aromatic rings. The highest BCUT2D eigenvalue weighted by Crippen LogP contribution is 2.35. The molecular weight excluding hydrogens is 408 g/mol. The summed E-state index contributed by atoms with van der Waals surface area (Å²) in [7, 11) is -1.49. The van der Waals surface area contributed by atoms with E-state index in [0.717, 1.165) is 6.42 Å². The van der Waals surface area contributed by atoms with Crippen LogP contribution < -0.4 is 4.90 Å². The summed E-state index contributed by atoms with van der Waals surface area (Å²) in [5.74, 6) is -0.268. The third-order valence-electron chi connectivity index (χ3n) is 5.99. The molecule has 0 unspecified atom stereocenters. The van der Waals surface area contributed by atoms with E-state index in [-0.39, 0.29) is 11.8 Å². The monoisotopic (exact) mass is 430 g/mol. The van der Waals surface area contributed by atoms with Crippen LogP contribution in [0.3, 0.4) is 0 Å². The molecule has 0 radical (unpaired) electrons. The van der Waals surface area contributed by atoms with Gasteiger partial charge in [-0.2, -0.15) is 0 Å². The van der Waals surface area contributed by atoms with Gasteiger partial charge in [0.2, 0.25) is 0 Å². The van der Waals surface area contributed by atoms with Crippen molar-refractivity contribution in [3.05, 3.63) is 89.0 Å². The van der Waals surface area contributed by atoms with Gasteiger partial charge in [0, 0.05) is 25.2 Å². The van der Waals surface area contributed by atoms with Gasteiger partial charge in [-0.1, -0.05) is 36.4 Å². The van der Waals surface area contributed by atoms with Crippen molar-refractivity contribution in [3.8, 4) is 0 Å². The van der Waals surface area contributed by atoms with Gasteiger partial charge in [0.1, 0.15) is 0 Å². The van der Waals surface area contributed by atoms with Crippen LogP contribution in [-0.2, 0) is 23.8 Å². The van der Waals surface area contributed by atoms with Gasteiger partial charge in [-0.3, -0.25) is 9.59 Å². The van der Waals surface area contributed by atoms with E-state index < -0.39 is 10.8 Å². The van der Waals surface area contributed by atoms with Crippen LogP contribution in [0.2, 0.25) is 0 Å². The lowest BCUT2D eigenvalue weighted by Crippen LogP contribution is -2.36. The van der Waals surface area contributed by atoms with Gasteiger partial charge < -0.3 is 9.80 Å². The molecule has 1 atom stereocenters. The van der Waals surface area contributed by atoms with E-state index >= 15 is 0 Å².